The summed E-state index contributed by atoms with van der Waals surface area (Å²) in [5, 5.41) is 0.230. The maximum atomic E-state index is 12.6. The average Bonchev–Trinajstić information content (AvgIpc) is 2.57. The highest BCUT2D eigenvalue weighted by Crippen LogP contribution is 2.28. The van der Waals surface area contributed by atoms with Crippen molar-refractivity contribution >= 4 is 27.5 Å². The molecule has 1 heterocycles. The molecule has 0 aliphatic carbocycles. The normalized spacial score (nSPS) is 15.6. The number of piperidine rings is 1. The van der Waals surface area contributed by atoms with E-state index in [0.29, 0.717) is 25.4 Å². The summed E-state index contributed by atoms with van der Waals surface area (Å²) in [5.41, 5.74) is 0. The molecule has 1 fully saturated rings. The molecule has 1 aliphatic rings. The lowest BCUT2D eigenvalue weighted by atomic mass is 10.1. The second-order valence-electron chi connectivity index (χ2n) is 5.73. The highest BCUT2D eigenvalue weighted by atomic mass is 35.5. The van der Waals surface area contributed by atoms with Crippen LogP contribution in [0.2, 0.25) is 5.02 Å². The summed E-state index contributed by atoms with van der Waals surface area (Å²) >= 11 is 6.06. The molecule has 1 aliphatic heterocycles. The standard InChI is InChI=1S/C16H23ClN2O4S/c1-3-23-15-8-7-13(11-14(15)17)24(21,22)18(2)12-16(20)19-9-5-4-6-10-19/h7-8,11H,3-6,9-10,12H2,1-2H3. The van der Waals surface area contributed by atoms with Crippen LogP contribution in [0.1, 0.15) is 26.2 Å². The van der Waals surface area contributed by atoms with E-state index < -0.39 is 10.0 Å². The Morgan fingerprint density at radius 1 is 1.29 bits per heavy atom. The predicted octanol–water partition coefficient (Wildman–Crippen LogP) is 2.37. The maximum absolute atomic E-state index is 12.6. The lowest BCUT2D eigenvalue weighted by Crippen LogP contribution is -2.43. The smallest absolute Gasteiger partial charge is 0.243 e. The van der Waals surface area contributed by atoms with Crippen LogP contribution in [0.3, 0.4) is 0 Å². The topological polar surface area (TPSA) is 66.9 Å². The number of likely N-dealkylation sites (N-methyl/N-ethyl adjacent to an activating group) is 1. The molecule has 0 unspecified atom stereocenters. The molecule has 1 aromatic rings. The first kappa shape index (κ1) is 19.0. The molecule has 0 N–H and O–H groups in total. The van der Waals surface area contributed by atoms with Crippen LogP contribution in [0.15, 0.2) is 23.1 Å². The number of ether oxygens (including phenoxy) is 1. The van der Waals surface area contributed by atoms with E-state index in [-0.39, 0.29) is 22.4 Å². The summed E-state index contributed by atoms with van der Waals surface area (Å²) in [4.78, 5) is 14.0. The fourth-order valence-corrected chi connectivity index (χ4v) is 4.06. The number of amides is 1. The van der Waals surface area contributed by atoms with E-state index in [1.165, 1.54) is 25.2 Å². The Bertz CT molecular complexity index is 687. The number of benzene rings is 1. The van der Waals surface area contributed by atoms with Gasteiger partial charge in [-0.3, -0.25) is 4.79 Å². The summed E-state index contributed by atoms with van der Waals surface area (Å²) < 4.78 is 31.6. The number of carbonyl (C=O) groups excluding carboxylic acids is 1. The van der Waals surface area contributed by atoms with Crippen LogP contribution < -0.4 is 4.74 Å². The average molecular weight is 375 g/mol. The monoisotopic (exact) mass is 374 g/mol. The number of carbonyl (C=O) groups is 1. The van der Waals surface area contributed by atoms with Crippen molar-refractivity contribution in [1.82, 2.24) is 9.21 Å². The van der Waals surface area contributed by atoms with Gasteiger partial charge in [0.15, 0.2) is 0 Å². The van der Waals surface area contributed by atoms with Crippen LogP contribution in [0, 0.1) is 0 Å². The van der Waals surface area contributed by atoms with Gasteiger partial charge in [0.1, 0.15) is 5.75 Å². The molecule has 0 spiro atoms. The Balaban J connectivity index is 2.10. The van der Waals surface area contributed by atoms with Crippen molar-refractivity contribution in [3.63, 3.8) is 0 Å². The summed E-state index contributed by atoms with van der Waals surface area (Å²) in [6.07, 6.45) is 3.05. The summed E-state index contributed by atoms with van der Waals surface area (Å²) in [7, 11) is -2.38. The number of hydrogen-bond donors (Lipinski definition) is 0. The van der Waals surface area contributed by atoms with Crippen LogP contribution in [-0.4, -0.2) is 56.8 Å². The molecule has 134 valence electrons. The van der Waals surface area contributed by atoms with Crippen molar-refractivity contribution < 1.29 is 17.9 Å². The highest BCUT2D eigenvalue weighted by molar-refractivity contribution is 7.89. The van der Waals surface area contributed by atoms with E-state index in [2.05, 4.69) is 0 Å². The number of sulfonamides is 1. The maximum Gasteiger partial charge on any atom is 0.243 e. The molecule has 0 atom stereocenters. The van der Waals surface area contributed by atoms with Crippen LogP contribution in [0.4, 0.5) is 0 Å². The van der Waals surface area contributed by atoms with Gasteiger partial charge in [0.25, 0.3) is 0 Å². The largest absolute Gasteiger partial charge is 0.492 e. The molecule has 24 heavy (non-hydrogen) atoms. The molecule has 1 amide bonds. The third-order valence-corrected chi connectivity index (χ3v) is 6.07. The Morgan fingerprint density at radius 3 is 2.54 bits per heavy atom. The van der Waals surface area contributed by atoms with E-state index in [1.54, 1.807) is 4.90 Å². The van der Waals surface area contributed by atoms with E-state index in [4.69, 9.17) is 16.3 Å². The van der Waals surface area contributed by atoms with Crippen molar-refractivity contribution in [2.24, 2.45) is 0 Å². The molecule has 6 nitrogen and oxygen atoms in total. The third kappa shape index (κ3) is 4.40. The van der Waals surface area contributed by atoms with Gasteiger partial charge in [-0.05, 0) is 44.4 Å². The second-order valence-corrected chi connectivity index (χ2v) is 8.18. The molecule has 0 bridgehead atoms. The van der Waals surface area contributed by atoms with Gasteiger partial charge in [0.2, 0.25) is 15.9 Å². The highest BCUT2D eigenvalue weighted by Gasteiger charge is 2.26. The first-order valence-corrected chi connectivity index (χ1v) is 9.84. The van der Waals surface area contributed by atoms with E-state index >= 15 is 0 Å². The molecule has 0 aromatic heterocycles. The van der Waals surface area contributed by atoms with Gasteiger partial charge in [0.05, 0.1) is 23.1 Å². The minimum atomic E-state index is -3.78. The van der Waals surface area contributed by atoms with Crippen LogP contribution in [-0.2, 0) is 14.8 Å². The van der Waals surface area contributed by atoms with Crippen molar-refractivity contribution in [2.75, 3.05) is 33.3 Å². The van der Waals surface area contributed by atoms with E-state index in [9.17, 15) is 13.2 Å². The van der Waals surface area contributed by atoms with Crippen molar-refractivity contribution in [1.29, 1.82) is 0 Å². The Hall–Kier alpha value is -1.31. The molecule has 0 saturated carbocycles. The summed E-state index contributed by atoms with van der Waals surface area (Å²) in [6, 6.07) is 4.32. The number of rotatable bonds is 6. The Kier molecular flexibility index (Phi) is 6.48. The van der Waals surface area contributed by atoms with E-state index in [0.717, 1.165) is 23.6 Å². The van der Waals surface area contributed by atoms with Gasteiger partial charge in [0, 0.05) is 20.1 Å². The number of halogens is 1. The lowest BCUT2D eigenvalue weighted by molar-refractivity contribution is -0.132. The van der Waals surface area contributed by atoms with Gasteiger partial charge in [-0.25, -0.2) is 8.42 Å². The quantitative estimate of drug-likeness (QED) is 0.766. The van der Waals surface area contributed by atoms with Crippen LogP contribution in [0.5, 0.6) is 5.75 Å². The Morgan fingerprint density at radius 2 is 1.96 bits per heavy atom. The van der Waals surface area contributed by atoms with Crippen molar-refractivity contribution in [2.45, 2.75) is 31.1 Å². The first-order chi connectivity index (χ1) is 11.4. The summed E-state index contributed by atoms with van der Waals surface area (Å²) in [6.45, 7) is 3.48. The molecular weight excluding hydrogens is 352 g/mol. The zero-order valence-corrected chi connectivity index (χ0v) is 15.6. The number of likely N-dealkylation sites (tertiary alicyclic amines) is 1. The fraction of sp³-hybridized carbons (Fsp3) is 0.562. The second kappa shape index (κ2) is 8.18. The van der Waals surface area contributed by atoms with Crippen molar-refractivity contribution in [3.8, 4) is 5.75 Å². The van der Waals surface area contributed by atoms with Gasteiger partial charge in [-0.1, -0.05) is 11.6 Å². The summed E-state index contributed by atoms with van der Waals surface area (Å²) in [5.74, 6) is 0.267. The molecule has 2 rings (SSSR count). The first-order valence-electron chi connectivity index (χ1n) is 8.02. The number of nitrogens with zero attached hydrogens (tertiary/aromatic N) is 2. The zero-order chi connectivity index (χ0) is 17.7. The SMILES string of the molecule is CCOc1ccc(S(=O)(=O)N(C)CC(=O)N2CCCCC2)cc1Cl. The zero-order valence-electron chi connectivity index (χ0n) is 14.0. The molecule has 8 heteroatoms. The van der Waals surface area contributed by atoms with E-state index in [1.807, 2.05) is 6.92 Å². The predicted molar refractivity (Wildman–Crippen MR) is 92.9 cm³/mol. The van der Waals surface area contributed by atoms with Gasteiger partial charge in [-0.2, -0.15) is 4.31 Å². The van der Waals surface area contributed by atoms with Crippen LogP contribution >= 0.6 is 11.6 Å². The van der Waals surface area contributed by atoms with Crippen molar-refractivity contribution in [3.05, 3.63) is 23.2 Å². The lowest BCUT2D eigenvalue weighted by Gasteiger charge is -2.28. The minimum absolute atomic E-state index is 0.0462. The molecular formula is C16H23ClN2O4S. The van der Waals surface area contributed by atoms with Gasteiger partial charge < -0.3 is 9.64 Å². The van der Waals surface area contributed by atoms with Gasteiger partial charge >= 0.3 is 0 Å². The molecule has 0 radical (unpaired) electrons. The van der Waals surface area contributed by atoms with Crippen LogP contribution in [0.25, 0.3) is 0 Å². The number of hydrogen-bond acceptors (Lipinski definition) is 4. The fourth-order valence-electron chi connectivity index (χ4n) is 2.61. The molecule has 1 aromatic carbocycles. The third-order valence-electron chi connectivity index (χ3n) is 3.98. The minimum Gasteiger partial charge on any atom is -0.492 e. The Labute approximate surface area is 148 Å². The molecule has 1 saturated heterocycles. The van der Waals surface area contributed by atoms with Gasteiger partial charge in [-0.15, -0.1) is 0 Å².